The molecule has 3 aromatic carbocycles. The third-order valence-corrected chi connectivity index (χ3v) is 6.07. The maximum Gasteiger partial charge on any atom is 0.335 e. The fourth-order valence-electron chi connectivity index (χ4n) is 2.84. The molecule has 6 nitrogen and oxygen atoms in total. The number of benzene rings is 3. The van der Waals surface area contributed by atoms with Crippen LogP contribution in [0.5, 0.6) is 5.75 Å². The van der Waals surface area contributed by atoms with E-state index in [9.17, 15) is 20.0 Å². The summed E-state index contributed by atoms with van der Waals surface area (Å²) in [5.41, 5.74) is 1.15. The summed E-state index contributed by atoms with van der Waals surface area (Å²) in [5.74, 6) is -0.565. The van der Waals surface area contributed by atoms with Gasteiger partial charge in [-0.2, -0.15) is 0 Å². The Morgan fingerprint density at radius 1 is 1.10 bits per heavy atom. The van der Waals surface area contributed by atoms with E-state index in [2.05, 4.69) is 0 Å². The zero-order valence-electron chi connectivity index (χ0n) is 15.6. The van der Waals surface area contributed by atoms with Gasteiger partial charge in [0.2, 0.25) is 0 Å². The maximum atomic E-state index is 11.6. The van der Waals surface area contributed by atoms with Gasteiger partial charge in [0, 0.05) is 11.0 Å². The minimum absolute atomic E-state index is 0.0802. The van der Waals surface area contributed by atoms with Crippen molar-refractivity contribution in [2.75, 3.05) is 7.11 Å². The van der Waals surface area contributed by atoms with Gasteiger partial charge < -0.3 is 9.84 Å². The zero-order chi connectivity index (χ0) is 21.8. The number of hydrogen-bond acceptors (Lipinski definition) is 5. The van der Waals surface area contributed by atoms with E-state index in [0.29, 0.717) is 36.7 Å². The summed E-state index contributed by atoms with van der Waals surface area (Å²) >= 11 is 13.1. The number of hydrogen-bond donors (Lipinski definition) is 1. The first-order valence-electron chi connectivity index (χ1n) is 8.59. The van der Waals surface area contributed by atoms with Gasteiger partial charge in [-0.1, -0.05) is 41.0 Å². The van der Waals surface area contributed by atoms with Crippen molar-refractivity contribution in [3.8, 4) is 5.75 Å². The number of ether oxygens (including phenoxy) is 1. The lowest BCUT2D eigenvalue weighted by atomic mass is 9.99. The summed E-state index contributed by atoms with van der Waals surface area (Å²) in [7, 11) is 1.49. The molecule has 0 heterocycles. The molecule has 154 valence electrons. The van der Waals surface area contributed by atoms with Gasteiger partial charge in [0.25, 0.3) is 5.69 Å². The number of nitro benzene ring substituents is 1. The molecule has 0 radical (unpaired) electrons. The van der Waals surface area contributed by atoms with E-state index in [1.54, 1.807) is 42.5 Å². The summed E-state index contributed by atoms with van der Waals surface area (Å²) in [5, 5.41) is 21.8. The molecule has 0 aliphatic rings. The van der Waals surface area contributed by atoms with Crippen molar-refractivity contribution < 1.29 is 19.6 Å². The Labute approximate surface area is 186 Å². The first-order chi connectivity index (χ1) is 14.3. The summed E-state index contributed by atoms with van der Waals surface area (Å²) < 4.78 is 5.17. The molecule has 3 rings (SSSR count). The molecule has 0 fully saturated rings. The zero-order valence-corrected chi connectivity index (χ0v) is 17.9. The third-order valence-electron chi connectivity index (χ3n) is 4.28. The SMILES string of the molecule is COc1ccc(C(=O)O)c(Cc2ccc(Sc3ccc(Cl)c(Cl)c3)c([N+](=O)[O-])c2)c1. The van der Waals surface area contributed by atoms with Gasteiger partial charge in [0.05, 0.1) is 32.5 Å². The van der Waals surface area contributed by atoms with Crippen molar-refractivity contribution in [2.24, 2.45) is 0 Å². The van der Waals surface area contributed by atoms with Crippen LogP contribution in [0.4, 0.5) is 5.69 Å². The lowest BCUT2D eigenvalue weighted by Crippen LogP contribution is -2.04. The summed E-state index contributed by atoms with van der Waals surface area (Å²) in [4.78, 5) is 23.8. The highest BCUT2D eigenvalue weighted by Crippen LogP contribution is 2.38. The van der Waals surface area contributed by atoms with Crippen LogP contribution in [0.2, 0.25) is 10.0 Å². The number of rotatable bonds is 7. The van der Waals surface area contributed by atoms with Crippen LogP contribution in [0.15, 0.2) is 64.4 Å². The quantitative estimate of drug-likeness (QED) is 0.324. The number of carboxylic acid groups (broad SMARTS) is 1. The summed E-state index contributed by atoms with van der Waals surface area (Å²) in [6.07, 6.45) is 0.206. The molecular weight excluding hydrogens is 449 g/mol. The molecule has 0 spiro atoms. The van der Waals surface area contributed by atoms with Crippen LogP contribution in [0.3, 0.4) is 0 Å². The minimum atomic E-state index is -1.08. The molecule has 0 amide bonds. The molecule has 0 saturated heterocycles. The molecule has 0 aliphatic carbocycles. The van der Waals surface area contributed by atoms with Crippen LogP contribution in [-0.4, -0.2) is 23.1 Å². The number of methoxy groups -OCH3 is 1. The van der Waals surface area contributed by atoms with Gasteiger partial charge >= 0.3 is 5.97 Å². The molecular formula is C21H15Cl2NO5S. The monoisotopic (exact) mass is 463 g/mol. The maximum absolute atomic E-state index is 11.6. The van der Waals surface area contributed by atoms with Gasteiger partial charge in [0.15, 0.2) is 0 Å². The molecule has 30 heavy (non-hydrogen) atoms. The van der Waals surface area contributed by atoms with E-state index in [0.717, 1.165) is 0 Å². The van der Waals surface area contributed by atoms with E-state index in [1.165, 1.54) is 31.0 Å². The average Bonchev–Trinajstić information content (AvgIpc) is 2.71. The lowest BCUT2D eigenvalue weighted by molar-refractivity contribution is -0.387. The van der Waals surface area contributed by atoms with Crippen molar-refractivity contribution in [1.29, 1.82) is 0 Å². The minimum Gasteiger partial charge on any atom is -0.497 e. The van der Waals surface area contributed by atoms with Crippen LogP contribution in [0.25, 0.3) is 0 Å². The molecule has 0 unspecified atom stereocenters. The van der Waals surface area contributed by atoms with Crippen LogP contribution < -0.4 is 4.74 Å². The van der Waals surface area contributed by atoms with E-state index < -0.39 is 10.9 Å². The normalized spacial score (nSPS) is 10.6. The molecule has 9 heteroatoms. The Hall–Kier alpha value is -2.74. The molecule has 0 aliphatic heterocycles. The second-order valence-corrected chi connectivity index (χ2v) is 8.17. The largest absolute Gasteiger partial charge is 0.497 e. The summed E-state index contributed by atoms with van der Waals surface area (Å²) in [6, 6.07) is 14.5. The number of nitro groups is 1. The molecule has 0 atom stereocenters. The second kappa shape index (κ2) is 9.38. The van der Waals surface area contributed by atoms with Crippen molar-refractivity contribution in [2.45, 2.75) is 16.2 Å². The molecule has 0 aromatic heterocycles. The molecule has 0 bridgehead atoms. The van der Waals surface area contributed by atoms with Gasteiger partial charge in [-0.15, -0.1) is 0 Å². The van der Waals surface area contributed by atoms with Gasteiger partial charge in [0.1, 0.15) is 5.75 Å². The number of carboxylic acids is 1. The Kier molecular flexibility index (Phi) is 6.87. The Bertz CT molecular complexity index is 1140. The Morgan fingerprint density at radius 2 is 1.87 bits per heavy atom. The standard InChI is InChI=1S/C21H15Cl2NO5S/c1-29-14-3-5-16(21(25)26)13(10-14)8-12-2-7-20(19(9-12)24(27)28)30-15-4-6-17(22)18(23)11-15/h2-7,9-11H,8H2,1H3,(H,25,26). The fourth-order valence-corrected chi connectivity index (χ4v) is 4.14. The van der Waals surface area contributed by atoms with E-state index in [4.69, 9.17) is 27.9 Å². The van der Waals surface area contributed by atoms with Crippen molar-refractivity contribution >= 4 is 46.6 Å². The number of carbonyl (C=O) groups is 1. The van der Waals surface area contributed by atoms with Crippen LogP contribution in [0, 0.1) is 10.1 Å². The topological polar surface area (TPSA) is 89.7 Å². The van der Waals surface area contributed by atoms with Gasteiger partial charge in [-0.05, 0) is 60.0 Å². The van der Waals surface area contributed by atoms with Gasteiger partial charge in [-0.3, -0.25) is 10.1 Å². The Morgan fingerprint density at radius 3 is 2.50 bits per heavy atom. The van der Waals surface area contributed by atoms with E-state index in [-0.39, 0.29) is 17.7 Å². The first kappa shape index (κ1) is 22.0. The van der Waals surface area contributed by atoms with Gasteiger partial charge in [-0.25, -0.2) is 4.79 Å². The predicted molar refractivity (Wildman–Crippen MR) is 116 cm³/mol. The number of halogens is 2. The molecule has 1 N–H and O–H groups in total. The van der Waals surface area contributed by atoms with E-state index >= 15 is 0 Å². The van der Waals surface area contributed by atoms with E-state index in [1.807, 2.05) is 0 Å². The van der Waals surface area contributed by atoms with Crippen LogP contribution >= 0.6 is 35.0 Å². The van der Waals surface area contributed by atoms with Crippen molar-refractivity contribution in [3.63, 3.8) is 0 Å². The molecule has 0 saturated carbocycles. The third kappa shape index (κ3) is 5.05. The summed E-state index contributed by atoms with van der Waals surface area (Å²) in [6.45, 7) is 0. The van der Waals surface area contributed by atoms with Crippen LogP contribution in [-0.2, 0) is 6.42 Å². The smallest absolute Gasteiger partial charge is 0.335 e. The first-order valence-corrected chi connectivity index (χ1v) is 10.2. The highest BCUT2D eigenvalue weighted by atomic mass is 35.5. The average molecular weight is 464 g/mol. The highest BCUT2D eigenvalue weighted by Gasteiger charge is 2.18. The lowest BCUT2D eigenvalue weighted by Gasteiger charge is -2.10. The molecule has 3 aromatic rings. The van der Waals surface area contributed by atoms with Crippen LogP contribution in [0.1, 0.15) is 21.5 Å². The Balaban J connectivity index is 1.95. The number of nitrogens with zero attached hydrogens (tertiary/aromatic N) is 1. The fraction of sp³-hybridized carbons (Fsp3) is 0.0952. The number of aromatic carboxylic acids is 1. The second-order valence-electron chi connectivity index (χ2n) is 6.24. The highest BCUT2D eigenvalue weighted by molar-refractivity contribution is 7.99. The van der Waals surface area contributed by atoms with Crippen molar-refractivity contribution in [1.82, 2.24) is 0 Å². The van der Waals surface area contributed by atoms with Crippen molar-refractivity contribution in [3.05, 3.63) is 91.4 Å². The predicted octanol–water partition coefficient (Wildman–Crippen LogP) is 6.35.